The van der Waals surface area contributed by atoms with Crippen LogP contribution in [-0.2, 0) is 4.79 Å². The Morgan fingerprint density at radius 3 is 2.39 bits per heavy atom. The molecule has 18 heavy (non-hydrogen) atoms. The first kappa shape index (κ1) is 14.3. The third-order valence-electron chi connectivity index (χ3n) is 2.23. The number of hydrogen-bond acceptors (Lipinski definition) is 2. The van der Waals surface area contributed by atoms with Crippen LogP contribution in [0, 0.1) is 11.8 Å². The summed E-state index contributed by atoms with van der Waals surface area (Å²) in [4.78, 5) is 22.0. The van der Waals surface area contributed by atoms with Gasteiger partial charge < -0.3 is 5.11 Å². The molecule has 1 aromatic carbocycles. The highest BCUT2D eigenvalue weighted by Crippen LogP contribution is 2.07. The molecular weight excluding hydrogens is 252 g/mol. The van der Waals surface area contributed by atoms with E-state index in [1.807, 2.05) is 0 Å². The van der Waals surface area contributed by atoms with Gasteiger partial charge in [-0.15, -0.1) is 11.6 Å². The molecule has 0 saturated heterocycles. The molecule has 1 aromatic rings. The van der Waals surface area contributed by atoms with Crippen molar-refractivity contribution in [1.82, 2.24) is 0 Å². The van der Waals surface area contributed by atoms with Gasteiger partial charge in [0.25, 0.3) is 0 Å². The first-order valence-corrected chi connectivity index (χ1v) is 6.07. The molecule has 94 valence electrons. The Hall–Kier alpha value is -1.79. The highest BCUT2D eigenvalue weighted by atomic mass is 35.5. The van der Waals surface area contributed by atoms with Crippen LogP contribution in [0.5, 0.6) is 0 Å². The van der Waals surface area contributed by atoms with Crippen LogP contribution in [0.4, 0.5) is 0 Å². The van der Waals surface area contributed by atoms with Crippen molar-refractivity contribution < 1.29 is 14.7 Å². The van der Waals surface area contributed by atoms with Crippen LogP contribution in [0.1, 0.15) is 35.2 Å². The van der Waals surface area contributed by atoms with E-state index >= 15 is 0 Å². The number of halogens is 1. The summed E-state index contributed by atoms with van der Waals surface area (Å²) in [6, 6.07) is 6.81. The number of alkyl halides is 1. The molecule has 0 atom stereocenters. The second-order valence-electron chi connectivity index (χ2n) is 3.64. The van der Waals surface area contributed by atoms with Crippen molar-refractivity contribution in [3.63, 3.8) is 0 Å². The second kappa shape index (κ2) is 7.52. The molecule has 0 aliphatic heterocycles. The van der Waals surface area contributed by atoms with Gasteiger partial charge in [0.05, 0.1) is 6.42 Å². The summed E-state index contributed by atoms with van der Waals surface area (Å²) in [5.74, 6) is 5.18. The third-order valence-corrected chi connectivity index (χ3v) is 2.41. The van der Waals surface area contributed by atoms with Crippen LogP contribution in [0.3, 0.4) is 0 Å². The smallest absolute Gasteiger partial charge is 0.303 e. The zero-order chi connectivity index (χ0) is 13.4. The molecule has 3 nitrogen and oxygen atoms in total. The molecule has 0 aromatic heterocycles. The molecular formula is C14H13ClO3. The largest absolute Gasteiger partial charge is 0.481 e. The summed E-state index contributed by atoms with van der Waals surface area (Å²) in [6.45, 7) is 0. The summed E-state index contributed by atoms with van der Waals surface area (Å²) in [5, 5.41) is 8.49. The molecule has 4 heteroatoms. The van der Waals surface area contributed by atoms with Crippen molar-refractivity contribution in [2.24, 2.45) is 0 Å². The fourth-order valence-corrected chi connectivity index (χ4v) is 1.41. The van der Waals surface area contributed by atoms with Crippen molar-refractivity contribution in [3.8, 4) is 11.8 Å². The fraction of sp³-hybridized carbons (Fsp3) is 0.286. The Bertz CT molecular complexity index is 480. The number of hydrogen-bond donors (Lipinski definition) is 1. The van der Waals surface area contributed by atoms with Gasteiger partial charge in [0.1, 0.15) is 0 Å². The van der Waals surface area contributed by atoms with E-state index in [2.05, 4.69) is 11.8 Å². The summed E-state index contributed by atoms with van der Waals surface area (Å²) < 4.78 is 0. The fourth-order valence-electron chi connectivity index (χ4n) is 1.32. The highest BCUT2D eigenvalue weighted by Gasteiger charge is 2.07. The van der Waals surface area contributed by atoms with Crippen LogP contribution in [-0.4, -0.2) is 22.7 Å². The molecule has 0 radical (unpaired) electrons. The lowest BCUT2D eigenvalue weighted by atomic mass is 10.0. The number of benzene rings is 1. The topological polar surface area (TPSA) is 54.4 Å². The van der Waals surface area contributed by atoms with Crippen LogP contribution in [0.2, 0.25) is 0 Å². The van der Waals surface area contributed by atoms with Crippen LogP contribution in [0.15, 0.2) is 24.3 Å². The second-order valence-corrected chi connectivity index (χ2v) is 4.01. The third kappa shape index (κ3) is 5.03. The van der Waals surface area contributed by atoms with Gasteiger partial charge in [-0.3, -0.25) is 9.59 Å². The van der Waals surface area contributed by atoms with Crippen LogP contribution >= 0.6 is 11.6 Å². The SMILES string of the molecule is O=C(O)CCC(=O)c1ccc(C#CCCCl)cc1. The van der Waals surface area contributed by atoms with E-state index in [-0.39, 0.29) is 18.6 Å². The van der Waals surface area contributed by atoms with Gasteiger partial charge in [-0.25, -0.2) is 0 Å². The number of rotatable bonds is 5. The minimum atomic E-state index is -0.966. The van der Waals surface area contributed by atoms with Crippen LogP contribution in [0.25, 0.3) is 0 Å². The Morgan fingerprint density at radius 1 is 1.17 bits per heavy atom. The van der Waals surface area contributed by atoms with Crippen molar-refractivity contribution in [3.05, 3.63) is 35.4 Å². The van der Waals surface area contributed by atoms with Crippen LogP contribution < -0.4 is 0 Å². The number of carbonyl (C=O) groups is 2. The molecule has 0 aliphatic rings. The molecule has 0 saturated carbocycles. The highest BCUT2D eigenvalue weighted by molar-refractivity contribution is 6.18. The Morgan fingerprint density at radius 2 is 1.83 bits per heavy atom. The average molecular weight is 265 g/mol. The first-order valence-electron chi connectivity index (χ1n) is 5.53. The maximum absolute atomic E-state index is 11.6. The standard InChI is InChI=1S/C14H13ClO3/c15-10-2-1-3-11-4-6-12(7-5-11)13(16)8-9-14(17)18/h4-7H,2,8-10H2,(H,17,18). The van der Waals surface area contributed by atoms with Crippen molar-refractivity contribution in [2.45, 2.75) is 19.3 Å². The molecule has 1 N–H and O–H groups in total. The van der Waals surface area contributed by atoms with Crippen molar-refractivity contribution >= 4 is 23.4 Å². The van der Waals surface area contributed by atoms with Gasteiger partial charge in [-0.2, -0.15) is 0 Å². The monoisotopic (exact) mass is 264 g/mol. The number of carboxylic acid groups (broad SMARTS) is 1. The maximum Gasteiger partial charge on any atom is 0.303 e. The maximum atomic E-state index is 11.6. The molecule has 0 amide bonds. The van der Waals surface area contributed by atoms with Gasteiger partial charge in [0.15, 0.2) is 5.78 Å². The lowest BCUT2D eigenvalue weighted by molar-refractivity contribution is -0.136. The normalized spacial score (nSPS) is 9.39. The van der Waals surface area contributed by atoms with E-state index in [0.717, 1.165) is 5.56 Å². The minimum absolute atomic E-state index is 0.0204. The average Bonchev–Trinajstić information content (AvgIpc) is 2.37. The predicted octanol–water partition coefficient (Wildman–Crippen LogP) is 2.71. The number of Topliss-reactive ketones (excluding diaryl/α,β-unsaturated/α-hetero) is 1. The van der Waals surface area contributed by atoms with E-state index < -0.39 is 5.97 Å². The molecule has 0 heterocycles. The Labute approximate surface area is 111 Å². The molecule has 0 spiro atoms. The quantitative estimate of drug-likeness (QED) is 0.505. The number of carboxylic acids is 1. The molecule has 1 rings (SSSR count). The molecule has 0 fully saturated rings. The van der Waals surface area contributed by atoms with Gasteiger partial charge in [0, 0.05) is 29.8 Å². The van der Waals surface area contributed by atoms with E-state index in [1.54, 1.807) is 24.3 Å². The molecule has 0 unspecified atom stereocenters. The van der Waals surface area contributed by atoms with E-state index in [9.17, 15) is 9.59 Å². The first-order chi connectivity index (χ1) is 8.63. The Kier molecular flexibility index (Phi) is 5.96. The van der Waals surface area contributed by atoms with E-state index in [1.165, 1.54) is 0 Å². The summed E-state index contributed by atoms with van der Waals surface area (Å²) in [6.07, 6.45) is 0.504. The minimum Gasteiger partial charge on any atom is -0.481 e. The number of carbonyl (C=O) groups excluding carboxylic acids is 1. The zero-order valence-electron chi connectivity index (χ0n) is 9.78. The zero-order valence-corrected chi connectivity index (χ0v) is 10.5. The van der Waals surface area contributed by atoms with Gasteiger partial charge in [-0.1, -0.05) is 24.0 Å². The van der Waals surface area contributed by atoms with Crippen molar-refractivity contribution in [1.29, 1.82) is 0 Å². The predicted molar refractivity (Wildman–Crippen MR) is 69.9 cm³/mol. The van der Waals surface area contributed by atoms with Gasteiger partial charge in [0.2, 0.25) is 0 Å². The van der Waals surface area contributed by atoms with Gasteiger partial charge in [-0.05, 0) is 12.1 Å². The van der Waals surface area contributed by atoms with E-state index in [0.29, 0.717) is 17.9 Å². The summed E-state index contributed by atoms with van der Waals surface area (Å²) >= 11 is 5.50. The van der Waals surface area contributed by atoms with Gasteiger partial charge >= 0.3 is 5.97 Å². The molecule has 0 bridgehead atoms. The number of ketones is 1. The summed E-state index contributed by atoms with van der Waals surface area (Å²) in [7, 11) is 0. The molecule has 0 aliphatic carbocycles. The lowest BCUT2D eigenvalue weighted by Crippen LogP contribution is -2.03. The van der Waals surface area contributed by atoms with Crippen molar-refractivity contribution in [2.75, 3.05) is 5.88 Å². The Balaban J connectivity index is 2.63. The lowest BCUT2D eigenvalue weighted by Gasteiger charge is -1.99. The van der Waals surface area contributed by atoms with E-state index in [4.69, 9.17) is 16.7 Å². The number of aliphatic carboxylic acids is 1. The summed E-state index contributed by atoms with van der Waals surface area (Å²) in [5.41, 5.74) is 1.33.